The molecule has 0 saturated heterocycles. The molecule has 0 radical (unpaired) electrons. The molecular weight excluding hydrogens is 242 g/mol. The van der Waals surface area contributed by atoms with Crippen LogP contribution in [0.1, 0.15) is 18.9 Å². The molecule has 1 aliphatic heterocycles. The topological polar surface area (TPSA) is 35.5 Å². The minimum Gasteiger partial charge on any atom is -0.490 e. The maximum Gasteiger partial charge on any atom is 0.377 e. The highest BCUT2D eigenvalue weighted by molar-refractivity contribution is 5.77. The second kappa shape index (κ2) is 4.92. The minimum atomic E-state index is -3.50. The third-order valence-electron chi connectivity index (χ3n) is 2.77. The fraction of sp³-hybridized carbons (Fsp3) is 0.462. The van der Waals surface area contributed by atoms with Crippen LogP contribution in [0.5, 0.6) is 5.75 Å². The van der Waals surface area contributed by atoms with Crippen LogP contribution in [0.2, 0.25) is 0 Å². The number of fused-ring (bicyclic) bond motifs is 1. The number of carbonyl (C=O) groups excluding carboxylic acids is 1. The first-order chi connectivity index (χ1) is 8.53. The number of ether oxygens (including phenoxy) is 2. The van der Waals surface area contributed by atoms with Gasteiger partial charge in [0.25, 0.3) is 0 Å². The Hall–Kier alpha value is -1.65. The molecule has 18 heavy (non-hydrogen) atoms. The SMILES string of the molecule is CCOC(=O)C(F)(F)CC1Cc2ccccc2O1. The average molecular weight is 256 g/mol. The third kappa shape index (κ3) is 2.60. The molecule has 1 heterocycles. The molecule has 0 bridgehead atoms. The predicted molar refractivity (Wildman–Crippen MR) is 60.8 cm³/mol. The zero-order valence-electron chi connectivity index (χ0n) is 9.99. The summed E-state index contributed by atoms with van der Waals surface area (Å²) in [5, 5.41) is 0. The number of carbonyl (C=O) groups is 1. The van der Waals surface area contributed by atoms with Crippen molar-refractivity contribution >= 4 is 5.97 Å². The van der Waals surface area contributed by atoms with Crippen LogP contribution in [-0.4, -0.2) is 24.6 Å². The van der Waals surface area contributed by atoms with Crippen molar-refractivity contribution in [3.63, 3.8) is 0 Å². The maximum absolute atomic E-state index is 13.5. The van der Waals surface area contributed by atoms with Crippen molar-refractivity contribution in [2.75, 3.05) is 6.61 Å². The van der Waals surface area contributed by atoms with Crippen LogP contribution in [0.3, 0.4) is 0 Å². The molecule has 2 rings (SSSR count). The number of benzene rings is 1. The Bertz CT molecular complexity index is 421. The van der Waals surface area contributed by atoms with E-state index >= 15 is 0 Å². The smallest absolute Gasteiger partial charge is 0.377 e. The summed E-state index contributed by atoms with van der Waals surface area (Å²) >= 11 is 0. The highest BCUT2D eigenvalue weighted by Gasteiger charge is 2.44. The molecule has 0 N–H and O–H groups in total. The fourth-order valence-electron chi connectivity index (χ4n) is 1.97. The van der Waals surface area contributed by atoms with E-state index in [2.05, 4.69) is 4.74 Å². The van der Waals surface area contributed by atoms with E-state index in [4.69, 9.17) is 4.74 Å². The first-order valence-electron chi connectivity index (χ1n) is 5.82. The second-order valence-electron chi connectivity index (χ2n) is 4.18. The number of hydrogen-bond acceptors (Lipinski definition) is 3. The molecule has 1 atom stereocenters. The lowest BCUT2D eigenvalue weighted by atomic mass is 10.0. The van der Waals surface area contributed by atoms with Crippen LogP contribution in [0.15, 0.2) is 24.3 Å². The lowest BCUT2D eigenvalue weighted by molar-refractivity contribution is -0.174. The minimum absolute atomic E-state index is 0.0554. The largest absolute Gasteiger partial charge is 0.490 e. The molecule has 3 nitrogen and oxygen atoms in total. The zero-order chi connectivity index (χ0) is 13.2. The van der Waals surface area contributed by atoms with Crippen LogP contribution in [-0.2, 0) is 16.0 Å². The summed E-state index contributed by atoms with van der Waals surface area (Å²) in [6.45, 7) is 1.44. The summed E-state index contributed by atoms with van der Waals surface area (Å²) in [6, 6.07) is 7.18. The van der Waals surface area contributed by atoms with Crippen molar-refractivity contribution < 1.29 is 23.0 Å². The number of alkyl halides is 2. The van der Waals surface area contributed by atoms with Crippen molar-refractivity contribution in [3.8, 4) is 5.75 Å². The zero-order valence-corrected chi connectivity index (χ0v) is 9.99. The van der Waals surface area contributed by atoms with Crippen LogP contribution in [0, 0.1) is 0 Å². The van der Waals surface area contributed by atoms with Gasteiger partial charge in [0.1, 0.15) is 11.9 Å². The molecule has 98 valence electrons. The van der Waals surface area contributed by atoms with Crippen molar-refractivity contribution in [2.24, 2.45) is 0 Å². The molecule has 5 heteroatoms. The summed E-state index contributed by atoms with van der Waals surface area (Å²) in [4.78, 5) is 11.1. The number of halogens is 2. The first-order valence-corrected chi connectivity index (χ1v) is 5.82. The molecule has 1 unspecified atom stereocenters. The van der Waals surface area contributed by atoms with E-state index in [1.165, 1.54) is 6.92 Å². The van der Waals surface area contributed by atoms with Crippen LogP contribution >= 0.6 is 0 Å². The average Bonchev–Trinajstić information content (AvgIpc) is 2.70. The molecule has 0 aliphatic carbocycles. The van der Waals surface area contributed by atoms with Gasteiger partial charge in [-0.2, -0.15) is 8.78 Å². The summed E-state index contributed by atoms with van der Waals surface area (Å²) in [6.07, 6.45) is -0.937. The Balaban J connectivity index is 1.98. The van der Waals surface area contributed by atoms with Crippen molar-refractivity contribution in [3.05, 3.63) is 29.8 Å². The van der Waals surface area contributed by atoms with Gasteiger partial charge in [0.2, 0.25) is 0 Å². The van der Waals surface area contributed by atoms with Crippen molar-refractivity contribution in [1.82, 2.24) is 0 Å². The van der Waals surface area contributed by atoms with Gasteiger partial charge in [-0.15, -0.1) is 0 Å². The third-order valence-corrected chi connectivity index (χ3v) is 2.77. The number of rotatable bonds is 4. The monoisotopic (exact) mass is 256 g/mol. The molecule has 1 aliphatic rings. The molecule has 0 amide bonds. The van der Waals surface area contributed by atoms with E-state index in [0.29, 0.717) is 12.2 Å². The molecule has 1 aromatic rings. The standard InChI is InChI=1S/C13H14F2O3/c1-2-17-12(16)13(14,15)8-10-7-9-5-3-4-6-11(9)18-10/h3-6,10H,2,7-8H2,1H3. The lowest BCUT2D eigenvalue weighted by Crippen LogP contribution is -2.36. The Kier molecular flexibility index (Phi) is 3.50. The first kappa shape index (κ1) is 12.8. The van der Waals surface area contributed by atoms with Crippen LogP contribution in [0.25, 0.3) is 0 Å². The van der Waals surface area contributed by atoms with Gasteiger partial charge in [0, 0.05) is 6.42 Å². The Morgan fingerprint density at radius 1 is 1.50 bits per heavy atom. The van der Waals surface area contributed by atoms with Gasteiger partial charge in [-0.25, -0.2) is 4.79 Å². The highest BCUT2D eigenvalue weighted by atomic mass is 19.3. The summed E-state index contributed by atoms with van der Waals surface area (Å²) in [7, 11) is 0. The summed E-state index contributed by atoms with van der Waals surface area (Å²) < 4.78 is 36.8. The number of hydrogen-bond donors (Lipinski definition) is 0. The Morgan fingerprint density at radius 2 is 2.22 bits per heavy atom. The maximum atomic E-state index is 13.5. The van der Waals surface area contributed by atoms with Gasteiger partial charge in [0.15, 0.2) is 0 Å². The fourth-order valence-corrected chi connectivity index (χ4v) is 1.97. The number of para-hydroxylation sites is 1. The molecule has 1 aromatic carbocycles. The van der Waals surface area contributed by atoms with Gasteiger partial charge in [-0.3, -0.25) is 0 Å². The van der Waals surface area contributed by atoms with E-state index in [9.17, 15) is 13.6 Å². The number of esters is 1. The Labute approximate surface area is 104 Å². The van der Waals surface area contributed by atoms with Gasteiger partial charge in [0.05, 0.1) is 13.0 Å². The van der Waals surface area contributed by atoms with Gasteiger partial charge >= 0.3 is 11.9 Å². The molecule has 0 fully saturated rings. The molecular formula is C13H14F2O3. The van der Waals surface area contributed by atoms with Crippen molar-refractivity contribution in [2.45, 2.75) is 31.8 Å². The molecule has 0 aromatic heterocycles. The van der Waals surface area contributed by atoms with E-state index in [1.807, 2.05) is 12.1 Å². The normalized spacial score (nSPS) is 18.1. The second-order valence-corrected chi connectivity index (χ2v) is 4.18. The molecule has 0 saturated carbocycles. The molecule has 0 spiro atoms. The van der Waals surface area contributed by atoms with E-state index in [1.54, 1.807) is 12.1 Å². The van der Waals surface area contributed by atoms with Gasteiger partial charge < -0.3 is 9.47 Å². The quantitative estimate of drug-likeness (QED) is 0.777. The van der Waals surface area contributed by atoms with Gasteiger partial charge in [-0.1, -0.05) is 18.2 Å². The lowest BCUT2D eigenvalue weighted by Gasteiger charge is -2.18. The highest BCUT2D eigenvalue weighted by Crippen LogP contribution is 2.33. The van der Waals surface area contributed by atoms with Gasteiger partial charge in [-0.05, 0) is 18.6 Å². The van der Waals surface area contributed by atoms with Crippen LogP contribution < -0.4 is 4.74 Å². The van der Waals surface area contributed by atoms with Crippen molar-refractivity contribution in [1.29, 1.82) is 0 Å². The summed E-state index contributed by atoms with van der Waals surface area (Å²) in [5.41, 5.74) is 0.891. The summed E-state index contributed by atoms with van der Waals surface area (Å²) in [5.74, 6) is -4.37. The van der Waals surface area contributed by atoms with E-state index in [-0.39, 0.29) is 6.61 Å². The predicted octanol–water partition coefficient (Wildman–Crippen LogP) is 2.58. The van der Waals surface area contributed by atoms with E-state index < -0.39 is 24.4 Å². The van der Waals surface area contributed by atoms with Crippen LogP contribution in [0.4, 0.5) is 8.78 Å². The Morgan fingerprint density at radius 3 is 2.89 bits per heavy atom. The van der Waals surface area contributed by atoms with E-state index in [0.717, 1.165) is 5.56 Å².